The van der Waals surface area contributed by atoms with Gasteiger partial charge in [0, 0.05) is 19.8 Å². The van der Waals surface area contributed by atoms with Gasteiger partial charge in [0.05, 0.1) is 12.7 Å². The van der Waals surface area contributed by atoms with Gasteiger partial charge in [-0.25, -0.2) is 4.98 Å². The molecule has 1 aromatic heterocycles. The van der Waals surface area contributed by atoms with Gasteiger partial charge in [0.15, 0.2) is 11.5 Å². The number of carbonyl (C=O) groups is 1. The first-order chi connectivity index (χ1) is 10.0. The number of methoxy groups -OCH3 is 1. The fourth-order valence-corrected chi connectivity index (χ4v) is 2.00. The van der Waals surface area contributed by atoms with Gasteiger partial charge in [-0.3, -0.25) is 4.79 Å². The van der Waals surface area contributed by atoms with Crippen LogP contribution in [0.5, 0.6) is 11.5 Å². The van der Waals surface area contributed by atoms with Crippen molar-refractivity contribution < 1.29 is 14.6 Å². The lowest BCUT2D eigenvalue weighted by molar-refractivity contribution is 0.0784. The number of benzene rings is 1. The second kappa shape index (κ2) is 6.45. The Bertz CT molecular complexity index is 644. The number of ether oxygens (including phenoxy) is 1. The molecule has 1 heterocycles. The van der Waals surface area contributed by atoms with Crippen molar-refractivity contribution in [3.63, 3.8) is 0 Å². The van der Waals surface area contributed by atoms with Gasteiger partial charge in [0.25, 0.3) is 5.91 Å². The molecule has 0 unspecified atom stereocenters. The Hall–Kier alpha value is -2.27. The van der Waals surface area contributed by atoms with Crippen molar-refractivity contribution in [2.24, 2.45) is 0 Å². The average molecular weight is 307 g/mol. The molecular weight excluding hydrogens is 292 g/mol. The number of hydrogen-bond donors (Lipinski definition) is 1. The van der Waals surface area contributed by atoms with E-state index in [1.807, 2.05) is 0 Å². The summed E-state index contributed by atoms with van der Waals surface area (Å²) in [7, 11) is 3.17. The van der Waals surface area contributed by atoms with Gasteiger partial charge in [-0.15, -0.1) is 0 Å². The van der Waals surface area contributed by atoms with Crippen LogP contribution >= 0.6 is 11.6 Å². The fourth-order valence-electron chi connectivity index (χ4n) is 1.89. The van der Waals surface area contributed by atoms with E-state index in [9.17, 15) is 9.90 Å². The zero-order valence-electron chi connectivity index (χ0n) is 11.7. The minimum atomic E-state index is -0.161. The smallest absolute Gasteiger partial charge is 0.255 e. The van der Waals surface area contributed by atoms with E-state index >= 15 is 0 Å². The number of aromatic nitrogens is 1. The molecule has 110 valence electrons. The highest BCUT2D eigenvalue weighted by Crippen LogP contribution is 2.26. The summed E-state index contributed by atoms with van der Waals surface area (Å²) in [5.41, 5.74) is 1.31. The summed E-state index contributed by atoms with van der Waals surface area (Å²) in [6, 6.07) is 8.18. The van der Waals surface area contributed by atoms with Crippen molar-refractivity contribution in [1.29, 1.82) is 0 Å². The topological polar surface area (TPSA) is 62.7 Å². The van der Waals surface area contributed by atoms with Crippen molar-refractivity contribution in [3.8, 4) is 11.5 Å². The molecule has 6 heteroatoms. The molecule has 1 N–H and O–H groups in total. The summed E-state index contributed by atoms with van der Waals surface area (Å²) in [6.07, 6.45) is 1.44. The van der Waals surface area contributed by atoms with Gasteiger partial charge in [-0.2, -0.15) is 0 Å². The van der Waals surface area contributed by atoms with E-state index in [0.29, 0.717) is 23.0 Å². The van der Waals surface area contributed by atoms with Crippen LogP contribution in [0.25, 0.3) is 0 Å². The highest BCUT2D eigenvalue weighted by atomic mass is 35.5. The summed E-state index contributed by atoms with van der Waals surface area (Å²) < 4.78 is 5.05. The van der Waals surface area contributed by atoms with E-state index < -0.39 is 0 Å². The Morgan fingerprint density at radius 1 is 1.38 bits per heavy atom. The number of amides is 1. The second-order valence-corrected chi connectivity index (χ2v) is 4.92. The summed E-state index contributed by atoms with van der Waals surface area (Å²) in [5.74, 6) is 0.282. The number of pyridine rings is 1. The van der Waals surface area contributed by atoms with Crippen LogP contribution < -0.4 is 4.74 Å². The molecule has 0 aliphatic carbocycles. The third-order valence-electron chi connectivity index (χ3n) is 2.98. The molecule has 2 aromatic rings. The lowest BCUT2D eigenvalue weighted by atomic mass is 10.1. The van der Waals surface area contributed by atoms with E-state index in [0.717, 1.165) is 5.56 Å². The summed E-state index contributed by atoms with van der Waals surface area (Å²) in [5, 5.41) is 9.90. The molecule has 0 saturated carbocycles. The molecule has 0 fully saturated rings. The molecule has 1 aromatic carbocycles. The summed E-state index contributed by atoms with van der Waals surface area (Å²) >= 11 is 5.70. The Labute approximate surface area is 127 Å². The van der Waals surface area contributed by atoms with Crippen LogP contribution in [0, 0.1) is 0 Å². The van der Waals surface area contributed by atoms with Crippen LogP contribution in [-0.2, 0) is 6.54 Å². The lowest BCUT2D eigenvalue weighted by Gasteiger charge is -2.17. The Morgan fingerprint density at radius 2 is 2.14 bits per heavy atom. The van der Waals surface area contributed by atoms with Gasteiger partial charge in [0.2, 0.25) is 0 Å². The van der Waals surface area contributed by atoms with Gasteiger partial charge in [-0.05, 0) is 29.8 Å². The maximum Gasteiger partial charge on any atom is 0.255 e. The number of aromatic hydroxyl groups is 1. The number of phenolic OH excluding ortho intramolecular Hbond substituents is 1. The third-order valence-corrected chi connectivity index (χ3v) is 3.21. The summed E-state index contributed by atoms with van der Waals surface area (Å²) in [4.78, 5) is 17.7. The van der Waals surface area contributed by atoms with Crippen molar-refractivity contribution in [2.45, 2.75) is 6.54 Å². The number of halogens is 1. The zero-order valence-corrected chi connectivity index (χ0v) is 12.5. The normalized spacial score (nSPS) is 10.2. The molecule has 0 aliphatic heterocycles. The molecule has 5 nitrogen and oxygen atoms in total. The first kappa shape index (κ1) is 15.1. The molecule has 0 saturated heterocycles. The minimum absolute atomic E-state index is 0.0668. The maximum absolute atomic E-state index is 12.2. The third kappa shape index (κ3) is 3.64. The number of rotatable bonds is 4. The van der Waals surface area contributed by atoms with Crippen LogP contribution in [0.3, 0.4) is 0 Å². The molecule has 0 atom stereocenters. The zero-order chi connectivity index (χ0) is 15.4. The molecule has 2 rings (SSSR count). The summed E-state index contributed by atoms with van der Waals surface area (Å²) in [6.45, 7) is 0.387. The average Bonchev–Trinajstić information content (AvgIpc) is 2.49. The van der Waals surface area contributed by atoms with E-state index in [2.05, 4.69) is 4.98 Å². The number of carbonyl (C=O) groups excluding carboxylic acids is 1. The Balaban J connectivity index is 2.12. The Morgan fingerprint density at radius 3 is 2.76 bits per heavy atom. The molecule has 0 spiro atoms. The van der Waals surface area contributed by atoms with Crippen molar-refractivity contribution in [3.05, 3.63) is 52.8 Å². The first-order valence-electron chi connectivity index (χ1n) is 6.24. The van der Waals surface area contributed by atoms with Gasteiger partial charge >= 0.3 is 0 Å². The highest BCUT2D eigenvalue weighted by molar-refractivity contribution is 6.29. The highest BCUT2D eigenvalue weighted by Gasteiger charge is 2.13. The van der Waals surface area contributed by atoms with Crippen molar-refractivity contribution >= 4 is 17.5 Å². The number of hydrogen-bond acceptors (Lipinski definition) is 4. The van der Waals surface area contributed by atoms with Crippen molar-refractivity contribution in [2.75, 3.05) is 14.2 Å². The van der Waals surface area contributed by atoms with Crippen LogP contribution in [0.15, 0.2) is 36.5 Å². The van der Waals surface area contributed by atoms with Crippen molar-refractivity contribution in [1.82, 2.24) is 9.88 Å². The largest absolute Gasteiger partial charge is 0.504 e. The lowest BCUT2D eigenvalue weighted by Crippen LogP contribution is -2.26. The van der Waals surface area contributed by atoms with Gasteiger partial charge in [0.1, 0.15) is 5.15 Å². The molecule has 1 amide bonds. The van der Waals surface area contributed by atoms with Crippen LogP contribution in [0.1, 0.15) is 15.9 Å². The molecular formula is C15H15ClN2O3. The molecule has 21 heavy (non-hydrogen) atoms. The monoisotopic (exact) mass is 306 g/mol. The van der Waals surface area contributed by atoms with Crippen LogP contribution in [0.2, 0.25) is 5.15 Å². The number of phenols is 1. The minimum Gasteiger partial charge on any atom is -0.504 e. The SMILES string of the molecule is COc1cc(CN(C)C(=O)c2ccc(Cl)nc2)ccc1O. The van der Waals surface area contributed by atoms with E-state index in [4.69, 9.17) is 16.3 Å². The van der Waals surface area contributed by atoms with Crippen LogP contribution in [-0.4, -0.2) is 35.1 Å². The number of nitrogens with zero attached hydrogens (tertiary/aromatic N) is 2. The van der Waals surface area contributed by atoms with Gasteiger partial charge in [-0.1, -0.05) is 17.7 Å². The maximum atomic E-state index is 12.2. The fraction of sp³-hybridized carbons (Fsp3) is 0.200. The Kier molecular flexibility index (Phi) is 4.65. The van der Waals surface area contributed by atoms with E-state index in [1.54, 1.807) is 36.2 Å². The molecule has 0 bridgehead atoms. The quantitative estimate of drug-likeness (QED) is 0.882. The molecule has 0 aliphatic rings. The molecule has 0 radical (unpaired) electrons. The first-order valence-corrected chi connectivity index (χ1v) is 6.62. The van der Waals surface area contributed by atoms with Gasteiger partial charge < -0.3 is 14.7 Å². The van der Waals surface area contributed by atoms with E-state index in [-0.39, 0.29) is 11.7 Å². The van der Waals surface area contributed by atoms with E-state index in [1.165, 1.54) is 19.4 Å². The predicted octanol–water partition coefficient (Wildman–Crippen LogP) is 2.72. The van der Waals surface area contributed by atoms with Crippen LogP contribution in [0.4, 0.5) is 0 Å². The predicted molar refractivity (Wildman–Crippen MR) is 79.7 cm³/mol. The standard InChI is InChI=1S/C15H15ClN2O3/c1-18(15(20)11-4-6-14(16)17-8-11)9-10-3-5-12(19)13(7-10)21-2/h3-8,19H,9H2,1-2H3. The second-order valence-electron chi connectivity index (χ2n) is 4.54.